The minimum atomic E-state index is -1.05. The Hall–Kier alpha value is -1.65. The molecule has 104 valence electrons. The highest BCUT2D eigenvalue weighted by molar-refractivity contribution is 5.85. The Labute approximate surface area is 113 Å². The van der Waals surface area contributed by atoms with Crippen molar-refractivity contribution in [2.24, 2.45) is 11.8 Å². The van der Waals surface area contributed by atoms with Crippen LogP contribution in [0.15, 0.2) is 12.1 Å². The van der Waals surface area contributed by atoms with Gasteiger partial charge in [-0.05, 0) is 30.4 Å². The van der Waals surface area contributed by atoms with E-state index in [1.807, 2.05) is 0 Å². The smallest absolute Gasteiger partial charge is 0.356 e. The number of hydrogen-bond donors (Lipinski definition) is 2. The van der Waals surface area contributed by atoms with E-state index in [1.54, 1.807) is 6.07 Å². The Morgan fingerprint density at radius 2 is 2.05 bits per heavy atom. The molecule has 19 heavy (non-hydrogen) atoms. The van der Waals surface area contributed by atoms with Crippen LogP contribution in [0.4, 0.5) is 5.82 Å². The molecule has 0 saturated heterocycles. The number of aromatic carboxylic acids is 1. The standard InChI is InChI=1S/C14H21N3O2/c1-10-2-4-11(5-3-10)8-9-15-13-7-6-12(14(18)19)16-17-13/h6-7,10-11H,2-5,8-9H2,1H3,(H,15,17)(H,18,19). The second-order valence-corrected chi connectivity index (χ2v) is 5.45. The van der Waals surface area contributed by atoms with Crippen molar-refractivity contribution >= 4 is 11.8 Å². The molecule has 1 fully saturated rings. The second-order valence-electron chi connectivity index (χ2n) is 5.45. The quantitative estimate of drug-likeness (QED) is 0.854. The van der Waals surface area contributed by atoms with Crippen LogP contribution >= 0.6 is 0 Å². The van der Waals surface area contributed by atoms with E-state index in [0.717, 1.165) is 24.8 Å². The lowest BCUT2D eigenvalue weighted by atomic mass is 9.81. The van der Waals surface area contributed by atoms with Crippen molar-refractivity contribution < 1.29 is 9.90 Å². The predicted molar refractivity (Wildman–Crippen MR) is 73.2 cm³/mol. The highest BCUT2D eigenvalue weighted by Crippen LogP contribution is 2.30. The summed E-state index contributed by atoms with van der Waals surface area (Å²) in [6, 6.07) is 3.14. The highest BCUT2D eigenvalue weighted by Gasteiger charge is 2.17. The Morgan fingerprint density at radius 3 is 2.63 bits per heavy atom. The lowest BCUT2D eigenvalue weighted by Crippen LogP contribution is -2.16. The molecule has 1 aliphatic carbocycles. The highest BCUT2D eigenvalue weighted by atomic mass is 16.4. The Balaban J connectivity index is 1.72. The van der Waals surface area contributed by atoms with Gasteiger partial charge in [0.2, 0.25) is 0 Å². The second kappa shape index (κ2) is 6.50. The van der Waals surface area contributed by atoms with Crippen LogP contribution < -0.4 is 5.32 Å². The van der Waals surface area contributed by atoms with Crippen LogP contribution in [0.5, 0.6) is 0 Å². The molecule has 0 aliphatic heterocycles. The summed E-state index contributed by atoms with van der Waals surface area (Å²) in [6.07, 6.45) is 6.49. The molecule has 1 aromatic rings. The molecule has 5 heteroatoms. The summed E-state index contributed by atoms with van der Waals surface area (Å²) in [7, 11) is 0. The summed E-state index contributed by atoms with van der Waals surface area (Å²) in [4.78, 5) is 10.6. The minimum Gasteiger partial charge on any atom is -0.476 e. The van der Waals surface area contributed by atoms with Crippen molar-refractivity contribution in [2.45, 2.75) is 39.0 Å². The fourth-order valence-electron chi connectivity index (χ4n) is 2.56. The van der Waals surface area contributed by atoms with E-state index in [1.165, 1.54) is 31.7 Å². The van der Waals surface area contributed by atoms with E-state index in [0.29, 0.717) is 5.82 Å². The number of nitrogens with zero attached hydrogens (tertiary/aromatic N) is 2. The van der Waals surface area contributed by atoms with Crippen LogP contribution in [0.3, 0.4) is 0 Å². The third kappa shape index (κ3) is 4.19. The molecular weight excluding hydrogens is 242 g/mol. The summed E-state index contributed by atoms with van der Waals surface area (Å²) in [5, 5.41) is 19.4. The zero-order chi connectivity index (χ0) is 13.7. The van der Waals surface area contributed by atoms with Gasteiger partial charge in [0.1, 0.15) is 5.82 Å². The first kappa shape index (κ1) is 13.8. The van der Waals surface area contributed by atoms with Crippen LogP contribution in [0.2, 0.25) is 0 Å². The summed E-state index contributed by atoms with van der Waals surface area (Å²) < 4.78 is 0. The number of rotatable bonds is 5. The van der Waals surface area contributed by atoms with Gasteiger partial charge in [-0.3, -0.25) is 0 Å². The van der Waals surface area contributed by atoms with Crippen LogP contribution in [0.1, 0.15) is 49.5 Å². The Morgan fingerprint density at radius 1 is 1.32 bits per heavy atom. The van der Waals surface area contributed by atoms with Crippen molar-refractivity contribution in [3.05, 3.63) is 17.8 Å². The third-order valence-corrected chi connectivity index (χ3v) is 3.88. The molecule has 0 atom stereocenters. The maximum atomic E-state index is 10.6. The first-order valence-corrected chi connectivity index (χ1v) is 6.96. The number of carbonyl (C=O) groups is 1. The summed E-state index contributed by atoms with van der Waals surface area (Å²) in [5.74, 6) is 1.30. The van der Waals surface area contributed by atoms with Gasteiger partial charge in [-0.25, -0.2) is 4.79 Å². The summed E-state index contributed by atoms with van der Waals surface area (Å²) in [6.45, 7) is 3.20. The molecule has 1 saturated carbocycles. The molecule has 0 unspecified atom stereocenters. The average molecular weight is 263 g/mol. The molecule has 0 aromatic carbocycles. The number of nitrogens with one attached hydrogen (secondary N) is 1. The van der Waals surface area contributed by atoms with Crippen LogP contribution in [0.25, 0.3) is 0 Å². The van der Waals surface area contributed by atoms with Crippen LogP contribution in [0, 0.1) is 11.8 Å². The number of carboxylic acid groups (broad SMARTS) is 1. The summed E-state index contributed by atoms with van der Waals surface area (Å²) >= 11 is 0. The largest absolute Gasteiger partial charge is 0.476 e. The molecule has 0 radical (unpaired) electrons. The molecule has 1 aromatic heterocycles. The van der Waals surface area contributed by atoms with E-state index in [2.05, 4.69) is 22.4 Å². The van der Waals surface area contributed by atoms with Gasteiger partial charge in [0.15, 0.2) is 5.69 Å². The summed E-state index contributed by atoms with van der Waals surface area (Å²) in [5.41, 5.74) is -0.0215. The maximum Gasteiger partial charge on any atom is 0.356 e. The van der Waals surface area contributed by atoms with E-state index >= 15 is 0 Å². The van der Waals surface area contributed by atoms with Crippen molar-refractivity contribution in [2.75, 3.05) is 11.9 Å². The number of hydrogen-bond acceptors (Lipinski definition) is 4. The molecule has 2 rings (SSSR count). The van der Waals surface area contributed by atoms with E-state index in [4.69, 9.17) is 5.11 Å². The molecule has 0 bridgehead atoms. The van der Waals surface area contributed by atoms with E-state index < -0.39 is 5.97 Å². The minimum absolute atomic E-state index is 0.0215. The van der Waals surface area contributed by atoms with Gasteiger partial charge in [0, 0.05) is 6.54 Å². The first-order chi connectivity index (χ1) is 9.15. The third-order valence-electron chi connectivity index (χ3n) is 3.88. The SMILES string of the molecule is CC1CCC(CCNc2ccc(C(=O)O)nn2)CC1. The molecule has 1 heterocycles. The maximum absolute atomic E-state index is 10.6. The molecule has 1 aliphatic rings. The molecular formula is C14H21N3O2. The zero-order valence-corrected chi connectivity index (χ0v) is 11.3. The first-order valence-electron chi connectivity index (χ1n) is 6.96. The van der Waals surface area contributed by atoms with Gasteiger partial charge in [-0.2, -0.15) is 0 Å². The van der Waals surface area contributed by atoms with Gasteiger partial charge in [0.05, 0.1) is 0 Å². The van der Waals surface area contributed by atoms with Crippen LogP contribution in [-0.4, -0.2) is 27.8 Å². The van der Waals surface area contributed by atoms with Crippen molar-refractivity contribution in [3.63, 3.8) is 0 Å². The average Bonchev–Trinajstić information content (AvgIpc) is 2.41. The Kier molecular flexibility index (Phi) is 4.71. The van der Waals surface area contributed by atoms with Gasteiger partial charge >= 0.3 is 5.97 Å². The zero-order valence-electron chi connectivity index (χ0n) is 11.3. The van der Waals surface area contributed by atoms with Crippen LogP contribution in [-0.2, 0) is 0 Å². The molecule has 0 spiro atoms. The van der Waals surface area contributed by atoms with Gasteiger partial charge in [-0.1, -0.05) is 32.6 Å². The fourth-order valence-corrected chi connectivity index (χ4v) is 2.56. The van der Waals surface area contributed by atoms with E-state index in [-0.39, 0.29) is 5.69 Å². The molecule has 0 amide bonds. The normalized spacial score (nSPS) is 23.0. The predicted octanol–water partition coefficient (Wildman–Crippen LogP) is 2.80. The Bertz CT molecular complexity index is 411. The monoisotopic (exact) mass is 263 g/mol. The number of anilines is 1. The van der Waals surface area contributed by atoms with Gasteiger partial charge < -0.3 is 10.4 Å². The topological polar surface area (TPSA) is 75.1 Å². The number of carboxylic acids is 1. The lowest BCUT2D eigenvalue weighted by molar-refractivity contribution is 0.0689. The van der Waals surface area contributed by atoms with E-state index in [9.17, 15) is 4.79 Å². The molecule has 5 nitrogen and oxygen atoms in total. The van der Waals surface area contributed by atoms with Crippen molar-refractivity contribution in [1.82, 2.24) is 10.2 Å². The van der Waals surface area contributed by atoms with Gasteiger partial charge in [-0.15, -0.1) is 10.2 Å². The van der Waals surface area contributed by atoms with Crippen molar-refractivity contribution in [1.29, 1.82) is 0 Å². The lowest BCUT2D eigenvalue weighted by Gasteiger charge is -2.26. The van der Waals surface area contributed by atoms with Crippen molar-refractivity contribution in [3.8, 4) is 0 Å². The fraction of sp³-hybridized carbons (Fsp3) is 0.643. The number of aromatic nitrogens is 2. The molecule has 2 N–H and O–H groups in total. The van der Waals surface area contributed by atoms with Gasteiger partial charge in [0.25, 0.3) is 0 Å².